The number of benzene rings is 2. The molecule has 3 aromatic rings. The highest BCUT2D eigenvalue weighted by molar-refractivity contribution is 6.30. The molecule has 3 nitrogen and oxygen atoms in total. The molecule has 0 bridgehead atoms. The molecule has 0 N–H and O–H groups in total. The van der Waals surface area contributed by atoms with Gasteiger partial charge in [0.2, 0.25) is 0 Å². The molecule has 0 aliphatic heterocycles. The largest absolute Gasteiger partial charge is 0.487 e. The summed E-state index contributed by atoms with van der Waals surface area (Å²) in [5.41, 5.74) is 2.87. The van der Waals surface area contributed by atoms with Crippen LogP contribution in [0, 0.1) is 0 Å². The topological polar surface area (TPSA) is 27.1 Å². The normalized spacial score (nSPS) is 11.0. The van der Waals surface area contributed by atoms with Crippen molar-refractivity contribution in [2.24, 2.45) is 7.05 Å². The van der Waals surface area contributed by atoms with Gasteiger partial charge in [0.25, 0.3) is 0 Å². The lowest BCUT2D eigenvalue weighted by atomic mass is 10.2. The van der Waals surface area contributed by atoms with Gasteiger partial charge in [-0.3, -0.25) is 4.68 Å². The Morgan fingerprint density at radius 2 is 2.00 bits per heavy atom. The van der Waals surface area contributed by atoms with Crippen LogP contribution in [0.3, 0.4) is 0 Å². The quantitative estimate of drug-likeness (QED) is 0.660. The SMILES string of the molecule is Cn1nc(COc2ccc(Cl)cc2CCl)c2ccccc21. The molecule has 0 saturated heterocycles. The summed E-state index contributed by atoms with van der Waals surface area (Å²) >= 11 is 11.9. The molecule has 2 aromatic carbocycles. The molecular formula is C16H14Cl2N2O. The fraction of sp³-hybridized carbons (Fsp3) is 0.188. The van der Waals surface area contributed by atoms with Crippen molar-refractivity contribution in [2.45, 2.75) is 12.5 Å². The van der Waals surface area contributed by atoms with Gasteiger partial charge >= 0.3 is 0 Å². The molecule has 5 heteroatoms. The fourth-order valence-electron chi connectivity index (χ4n) is 2.33. The third kappa shape index (κ3) is 2.85. The molecule has 0 aliphatic rings. The van der Waals surface area contributed by atoms with Crippen molar-refractivity contribution in [1.82, 2.24) is 9.78 Å². The number of aryl methyl sites for hydroxylation is 1. The molecule has 1 aromatic heterocycles. The van der Waals surface area contributed by atoms with Crippen molar-refractivity contribution in [3.63, 3.8) is 0 Å². The first-order valence-corrected chi connectivity index (χ1v) is 7.48. The number of hydrogen-bond donors (Lipinski definition) is 0. The number of fused-ring (bicyclic) bond motifs is 1. The zero-order valence-corrected chi connectivity index (χ0v) is 13.0. The summed E-state index contributed by atoms with van der Waals surface area (Å²) in [6, 6.07) is 13.5. The number of halogens is 2. The number of aromatic nitrogens is 2. The Bertz CT molecular complexity index is 783. The van der Waals surface area contributed by atoms with Crippen LogP contribution in [0.2, 0.25) is 5.02 Å². The lowest BCUT2D eigenvalue weighted by Gasteiger charge is -2.09. The Morgan fingerprint density at radius 1 is 1.19 bits per heavy atom. The molecule has 0 unspecified atom stereocenters. The molecule has 0 spiro atoms. The molecule has 0 atom stereocenters. The van der Waals surface area contributed by atoms with Gasteiger partial charge in [0.15, 0.2) is 0 Å². The molecule has 0 fully saturated rings. The molecular weight excluding hydrogens is 307 g/mol. The number of alkyl halides is 1. The third-order valence-corrected chi connectivity index (χ3v) is 3.89. The van der Waals surface area contributed by atoms with Gasteiger partial charge in [-0.05, 0) is 24.3 Å². The zero-order chi connectivity index (χ0) is 14.8. The number of para-hydroxylation sites is 1. The molecule has 0 radical (unpaired) electrons. The maximum absolute atomic E-state index is 5.96. The average Bonchev–Trinajstić information content (AvgIpc) is 2.83. The van der Waals surface area contributed by atoms with Crippen molar-refractivity contribution < 1.29 is 4.74 Å². The summed E-state index contributed by atoms with van der Waals surface area (Å²) in [5, 5.41) is 6.26. The van der Waals surface area contributed by atoms with Crippen LogP contribution in [0.15, 0.2) is 42.5 Å². The van der Waals surface area contributed by atoms with Crippen LogP contribution in [-0.2, 0) is 19.5 Å². The van der Waals surface area contributed by atoms with Crippen molar-refractivity contribution >= 4 is 34.1 Å². The highest BCUT2D eigenvalue weighted by Gasteiger charge is 2.10. The van der Waals surface area contributed by atoms with Crippen LogP contribution in [0.4, 0.5) is 0 Å². The van der Waals surface area contributed by atoms with E-state index >= 15 is 0 Å². The van der Waals surface area contributed by atoms with E-state index in [1.807, 2.05) is 48.1 Å². The van der Waals surface area contributed by atoms with E-state index in [1.54, 1.807) is 6.07 Å². The van der Waals surface area contributed by atoms with Crippen LogP contribution in [0.5, 0.6) is 5.75 Å². The summed E-state index contributed by atoms with van der Waals surface area (Å²) in [5.74, 6) is 1.10. The van der Waals surface area contributed by atoms with Gasteiger partial charge < -0.3 is 4.74 Å². The molecule has 0 saturated carbocycles. The Labute approximate surface area is 133 Å². The van der Waals surface area contributed by atoms with Gasteiger partial charge in [-0.2, -0.15) is 5.10 Å². The second-order valence-corrected chi connectivity index (χ2v) is 5.47. The standard InChI is InChI=1S/C16H14Cl2N2O/c1-20-15-5-3-2-4-13(15)14(19-20)10-21-16-7-6-12(18)8-11(16)9-17/h2-8H,9-10H2,1H3. The molecule has 21 heavy (non-hydrogen) atoms. The highest BCUT2D eigenvalue weighted by Crippen LogP contribution is 2.26. The maximum atomic E-state index is 5.96. The number of hydrogen-bond acceptors (Lipinski definition) is 2. The van der Waals surface area contributed by atoms with Crippen molar-refractivity contribution in [3.8, 4) is 5.75 Å². The van der Waals surface area contributed by atoms with E-state index in [2.05, 4.69) is 5.10 Å². The van der Waals surface area contributed by atoms with E-state index in [-0.39, 0.29) is 0 Å². The predicted molar refractivity (Wildman–Crippen MR) is 86.1 cm³/mol. The molecule has 3 rings (SSSR count). The lowest BCUT2D eigenvalue weighted by Crippen LogP contribution is -2.00. The number of nitrogens with zero attached hydrogens (tertiary/aromatic N) is 2. The number of rotatable bonds is 4. The van der Waals surface area contributed by atoms with Gasteiger partial charge in [-0.1, -0.05) is 29.8 Å². The molecule has 0 aliphatic carbocycles. The monoisotopic (exact) mass is 320 g/mol. The number of ether oxygens (including phenoxy) is 1. The summed E-state index contributed by atoms with van der Waals surface area (Å²) in [6.45, 7) is 0.396. The predicted octanol–water partition coefficient (Wildman–Crippen LogP) is 4.54. The van der Waals surface area contributed by atoms with Crippen molar-refractivity contribution in [1.29, 1.82) is 0 Å². The molecule has 0 amide bonds. The van der Waals surface area contributed by atoms with E-state index in [0.29, 0.717) is 17.5 Å². The van der Waals surface area contributed by atoms with Crippen LogP contribution in [0.1, 0.15) is 11.3 Å². The van der Waals surface area contributed by atoms with Crippen molar-refractivity contribution in [2.75, 3.05) is 0 Å². The first kappa shape index (κ1) is 14.2. The van der Waals surface area contributed by atoms with Crippen LogP contribution in [-0.4, -0.2) is 9.78 Å². The summed E-state index contributed by atoms with van der Waals surface area (Å²) in [6.07, 6.45) is 0. The first-order chi connectivity index (χ1) is 10.2. The highest BCUT2D eigenvalue weighted by atomic mass is 35.5. The second kappa shape index (κ2) is 5.96. The minimum atomic E-state index is 0.360. The smallest absolute Gasteiger partial charge is 0.133 e. The van der Waals surface area contributed by atoms with Gasteiger partial charge in [0.1, 0.15) is 18.1 Å². The molecule has 108 valence electrons. The summed E-state index contributed by atoms with van der Waals surface area (Å²) in [4.78, 5) is 0. The Hall–Kier alpha value is -1.71. The maximum Gasteiger partial charge on any atom is 0.133 e. The minimum Gasteiger partial charge on any atom is -0.487 e. The van der Waals surface area contributed by atoms with Crippen LogP contribution in [0.25, 0.3) is 10.9 Å². The lowest BCUT2D eigenvalue weighted by molar-refractivity contribution is 0.299. The van der Waals surface area contributed by atoms with Crippen molar-refractivity contribution in [3.05, 3.63) is 58.7 Å². The van der Waals surface area contributed by atoms with E-state index < -0.39 is 0 Å². The summed E-state index contributed by atoms with van der Waals surface area (Å²) < 4.78 is 7.73. The first-order valence-electron chi connectivity index (χ1n) is 6.57. The van der Waals surface area contributed by atoms with Gasteiger partial charge in [-0.15, -0.1) is 11.6 Å². The Kier molecular flexibility index (Phi) is 4.04. The summed E-state index contributed by atoms with van der Waals surface area (Å²) in [7, 11) is 1.93. The van der Waals surface area contributed by atoms with E-state index in [1.165, 1.54) is 0 Å². The van der Waals surface area contributed by atoms with Gasteiger partial charge in [-0.25, -0.2) is 0 Å². The van der Waals surface area contributed by atoms with E-state index in [9.17, 15) is 0 Å². The average molecular weight is 321 g/mol. The second-order valence-electron chi connectivity index (χ2n) is 4.76. The third-order valence-electron chi connectivity index (χ3n) is 3.37. The van der Waals surface area contributed by atoms with Gasteiger partial charge in [0.05, 0.1) is 11.4 Å². The Balaban J connectivity index is 1.87. The zero-order valence-electron chi connectivity index (χ0n) is 11.5. The van der Waals surface area contributed by atoms with E-state index in [4.69, 9.17) is 27.9 Å². The van der Waals surface area contributed by atoms with Crippen LogP contribution < -0.4 is 4.74 Å². The van der Waals surface area contributed by atoms with Crippen LogP contribution >= 0.6 is 23.2 Å². The van der Waals surface area contributed by atoms with Gasteiger partial charge in [0, 0.05) is 23.0 Å². The minimum absolute atomic E-state index is 0.360. The Morgan fingerprint density at radius 3 is 2.81 bits per heavy atom. The fourth-order valence-corrected chi connectivity index (χ4v) is 2.74. The van der Waals surface area contributed by atoms with E-state index in [0.717, 1.165) is 27.9 Å². The molecule has 1 heterocycles.